The maximum atomic E-state index is 12.5. The van der Waals surface area contributed by atoms with E-state index in [0.29, 0.717) is 24.2 Å². The number of halogens is 3. The standard InChI is InChI=1S/C15H16F3N5O/c16-15(17,18)9-23-8-10-2-1-3-12(13(10)22-23)21-14(24)20-11-4-6-19-7-5-11/h4-8,12H,1-3,9H2,(H2,19,20,21,24)/t12-/m0/s1. The monoisotopic (exact) mass is 339 g/mol. The Bertz CT molecular complexity index is 714. The van der Waals surface area contributed by atoms with Crippen LogP contribution in [0.3, 0.4) is 0 Å². The first-order valence-corrected chi connectivity index (χ1v) is 7.51. The number of nitrogens with zero attached hydrogens (tertiary/aromatic N) is 3. The highest BCUT2D eigenvalue weighted by Gasteiger charge is 2.31. The van der Waals surface area contributed by atoms with Crippen molar-refractivity contribution in [2.24, 2.45) is 0 Å². The van der Waals surface area contributed by atoms with E-state index >= 15 is 0 Å². The van der Waals surface area contributed by atoms with Gasteiger partial charge in [0.25, 0.3) is 0 Å². The average Bonchev–Trinajstić information content (AvgIpc) is 2.89. The van der Waals surface area contributed by atoms with Gasteiger partial charge in [0.1, 0.15) is 6.54 Å². The molecule has 3 rings (SSSR count). The van der Waals surface area contributed by atoms with Crippen molar-refractivity contribution in [2.75, 3.05) is 5.32 Å². The third kappa shape index (κ3) is 4.03. The number of hydrogen-bond donors (Lipinski definition) is 2. The van der Waals surface area contributed by atoms with Gasteiger partial charge in [-0.25, -0.2) is 4.79 Å². The average molecular weight is 339 g/mol. The number of urea groups is 1. The van der Waals surface area contributed by atoms with Crippen LogP contribution in [0.5, 0.6) is 0 Å². The minimum absolute atomic E-state index is 0.398. The molecule has 2 aromatic heterocycles. The molecule has 0 spiro atoms. The molecule has 2 heterocycles. The first-order valence-electron chi connectivity index (χ1n) is 7.51. The summed E-state index contributed by atoms with van der Waals surface area (Å²) in [4.78, 5) is 15.9. The molecule has 0 saturated heterocycles. The molecule has 2 aromatic rings. The van der Waals surface area contributed by atoms with Crippen molar-refractivity contribution in [3.63, 3.8) is 0 Å². The number of anilines is 1. The van der Waals surface area contributed by atoms with E-state index in [4.69, 9.17) is 0 Å². The normalized spacial score (nSPS) is 17.2. The molecule has 1 aliphatic rings. The van der Waals surface area contributed by atoms with Crippen LogP contribution >= 0.6 is 0 Å². The Morgan fingerprint density at radius 3 is 2.79 bits per heavy atom. The SMILES string of the molecule is O=C(Nc1ccncc1)N[C@H]1CCCc2cn(CC(F)(F)F)nc21. The van der Waals surface area contributed by atoms with Gasteiger partial charge in [-0.15, -0.1) is 0 Å². The van der Waals surface area contributed by atoms with Gasteiger partial charge in [-0.3, -0.25) is 9.67 Å². The van der Waals surface area contributed by atoms with E-state index in [-0.39, 0.29) is 0 Å². The fourth-order valence-electron chi connectivity index (χ4n) is 2.76. The second-order valence-corrected chi connectivity index (χ2v) is 5.63. The molecule has 0 unspecified atom stereocenters. The topological polar surface area (TPSA) is 71.8 Å². The molecule has 9 heteroatoms. The molecule has 0 aliphatic heterocycles. The van der Waals surface area contributed by atoms with Gasteiger partial charge in [0.2, 0.25) is 0 Å². The van der Waals surface area contributed by atoms with Crippen molar-refractivity contribution in [2.45, 2.75) is 38.0 Å². The number of amides is 2. The smallest absolute Gasteiger partial charge is 0.329 e. The highest BCUT2D eigenvalue weighted by atomic mass is 19.4. The highest BCUT2D eigenvalue weighted by molar-refractivity contribution is 5.89. The van der Waals surface area contributed by atoms with Crippen LogP contribution in [-0.4, -0.2) is 27.0 Å². The zero-order valence-electron chi connectivity index (χ0n) is 12.7. The van der Waals surface area contributed by atoms with Crippen LogP contribution in [0.15, 0.2) is 30.7 Å². The summed E-state index contributed by atoms with van der Waals surface area (Å²) in [5.74, 6) is 0. The molecule has 2 amide bonds. The van der Waals surface area contributed by atoms with Crippen molar-refractivity contribution < 1.29 is 18.0 Å². The van der Waals surface area contributed by atoms with E-state index in [2.05, 4.69) is 20.7 Å². The predicted octanol–water partition coefficient (Wildman–Crippen LogP) is 3.04. The van der Waals surface area contributed by atoms with Crippen LogP contribution in [-0.2, 0) is 13.0 Å². The van der Waals surface area contributed by atoms with Crippen LogP contribution in [0.1, 0.15) is 30.1 Å². The summed E-state index contributed by atoms with van der Waals surface area (Å²) in [6.45, 7) is -1.13. The number of aromatic nitrogens is 3. The van der Waals surface area contributed by atoms with E-state index in [0.717, 1.165) is 16.7 Å². The maximum Gasteiger partial charge on any atom is 0.408 e. The minimum Gasteiger partial charge on any atom is -0.329 e. The van der Waals surface area contributed by atoms with Gasteiger partial charge in [-0.1, -0.05) is 0 Å². The minimum atomic E-state index is -4.32. The van der Waals surface area contributed by atoms with E-state index < -0.39 is 24.8 Å². The lowest BCUT2D eigenvalue weighted by atomic mass is 9.94. The third-order valence-corrected chi connectivity index (χ3v) is 3.72. The predicted molar refractivity (Wildman–Crippen MR) is 80.4 cm³/mol. The quantitative estimate of drug-likeness (QED) is 0.903. The molecule has 1 atom stereocenters. The van der Waals surface area contributed by atoms with Crippen molar-refractivity contribution in [3.05, 3.63) is 42.0 Å². The van der Waals surface area contributed by atoms with Gasteiger partial charge in [-0.05, 0) is 37.0 Å². The zero-order chi connectivity index (χ0) is 17.2. The maximum absolute atomic E-state index is 12.5. The Balaban J connectivity index is 1.69. The van der Waals surface area contributed by atoms with Crippen LogP contribution in [0.2, 0.25) is 0 Å². The van der Waals surface area contributed by atoms with Crippen molar-refractivity contribution in [1.29, 1.82) is 0 Å². The molecule has 128 valence electrons. The second kappa shape index (κ2) is 6.50. The molecule has 0 aromatic carbocycles. The molecular weight excluding hydrogens is 323 g/mol. The lowest BCUT2D eigenvalue weighted by molar-refractivity contribution is -0.142. The molecule has 1 aliphatic carbocycles. The van der Waals surface area contributed by atoms with Crippen LogP contribution in [0.4, 0.5) is 23.7 Å². The number of alkyl halides is 3. The van der Waals surface area contributed by atoms with Crippen LogP contribution in [0.25, 0.3) is 0 Å². The van der Waals surface area contributed by atoms with Gasteiger partial charge in [0, 0.05) is 24.3 Å². The number of aryl methyl sites for hydroxylation is 1. The van der Waals surface area contributed by atoms with Gasteiger partial charge in [0.05, 0.1) is 11.7 Å². The fraction of sp³-hybridized carbons (Fsp3) is 0.400. The van der Waals surface area contributed by atoms with Crippen LogP contribution < -0.4 is 10.6 Å². The number of carbonyl (C=O) groups excluding carboxylic acids is 1. The van der Waals surface area contributed by atoms with E-state index in [9.17, 15) is 18.0 Å². The van der Waals surface area contributed by atoms with E-state index in [1.54, 1.807) is 24.5 Å². The van der Waals surface area contributed by atoms with Crippen LogP contribution in [0, 0.1) is 0 Å². The lowest BCUT2D eigenvalue weighted by Gasteiger charge is -2.22. The van der Waals surface area contributed by atoms with Crippen molar-refractivity contribution >= 4 is 11.7 Å². The number of hydrogen-bond acceptors (Lipinski definition) is 3. The lowest BCUT2D eigenvalue weighted by Crippen LogP contribution is -2.34. The Kier molecular flexibility index (Phi) is 4.41. The van der Waals surface area contributed by atoms with Gasteiger partial charge in [-0.2, -0.15) is 18.3 Å². The summed E-state index contributed by atoms with van der Waals surface area (Å²) in [6, 6.07) is 2.46. The fourth-order valence-corrected chi connectivity index (χ4v) is 2.76. The zero-order valence-corrected chi connectivity index (χ0v) is 12.7. The molecule has 6 nitrogen and oxygen atoms in total. The molecule has 0 bridgehead atoms. The Morgan fingerprint density at radius 2 is 2.08 bits per heavy atom. The number of carbonyl (C=O) groups is 1. The summed E-state index contributed by atoms with van der Waals surface area (Å²) in [6.07, 6.45) is 2.27. The van der Waals surface area contributed by atoms with Crippen molar-refractivity contribution in [3.8, 4) is 0 Å². The Morgan fingerprint density at radius 1 is 1.33 bits per heavy atom. The summed E-state index contributed by atoms with van der Waals surface area (Å²) >= 11 is 0. The molecule has 0 saturated carbocycles. The summed E-state index contributed by atoms with van der Waals surface area (Å²) in [5.41, 5.74) is 1.84. The summed E-state index contributed by atoms with van der Waals surface area (Å²) < 4.78 is 38.4. The Labute approximate surface area is 136 Å². The van der Waals surface area contributed by atoms with Gasteiger partial charge in [0.15, 0.2) is 0 Å². The van der Waals surface area contributed by atoms with E-state index in [1.165, 1.54) is 6.20 Å². The molecule has 0 radical (unpaired) electrons. The first kappa shape index (κ1) is 16.3. The number of pyridine rings is 1. The Hall–Kier alpha value is -2.58. The third-order valence-electron chi connectivity index (χ3n) is 3.72. The number of rotatable bonds is 3. The molecule has 2 N–H and O–H groups in total. The molecular formula is C15H16F3N5O. The summed E-state index contributed by atoms with van der Waals surface area (Å²) in [7, 11) is 0. The molecule has 24 heavy (non-hydrogen) atoms. The number of fused-ring (bicyclic) bond motifs is 1. The summed E-state index contributed by atoms with van der Waals surface area (Å²) in [5, 5.41) is 9.45. The van der Waals surface area contributed by atoms with Gasteiger partial charge >= 0.3 is 12.2 Å². The van der Waals surface area contributed by atoms with Crippen molar-refractivity contribution in [1.82, 2.24) is 20.1 Å². The second-order valence-electron chi connectivity index (χ2n) is 5.63. The largest absolute Gasteiger partial charge is 0.408 e. The highest BCUT2D eigenvalue weighted by Crippen LogP contribution is 2.29. The number of nitrogens with one attached hydrogen (secondary N) is 2. The van der Waals surface area contributed by atoms with Gasteiger partial charge < -0.3 is 10.6 Å². The molecule has 0 fully saturated rings. The van der Waals surface area contributed by atoms with E-state index in [1.807, 2.05) is 0 Å². The first-order chi connectivity index (χ1) is 11.4.